The Labute approximate surface area is 141 Å². The van der Waals surface area contributed by atoms with Gasteiger partial charge in [0, 0.05) is 10.8 Å². The van der Waals surface area contributed by atoms with E-state index in [1.54, 1.807) is 13.8 Å². The van der Waals surface area contributed by atoms with Crippen LogP contribution < -0.4 is 0 Å². The SMILES string of the molecule is CCOC(=O)C(C(=O)OCC)[C@@H](CCc1ccccc1)C[N+](=O)[O-]. The molecule has 0 bridgehead atoms. The van der Waals surface area contributed by atoms with E-state index in [4.69, 9.17) is 9.47 Å². The average Bonchev–Trinajstić information content (AvgIpc) is 2.53. The number of hydrogen-bond acceptors (Lipinski definition) is 6. The Morgan fingerprint density at radius 1 is 1.08 bits per heavy atom. The third kappa shape index (κ3) is 6.36. The summed E-state index contributed by atoms with van der Waals surface area (Å²) in [5, 5.41) is 11.0. The standard InChI is InChI=1S/C17H23NO6/c1-3-23-16(19)15(17(20)24-4-2)14(12-18(21)22)11-10-13-8-6-5-7-9-13/h5-9,14-15H,3-4,10-12H2,1-2H3/t14-/m0/s1. The molecule has 0 N–H and O–H groups in total. The van der Waals surface area contributed by atoms with Gasteiger partial charge >= 0.3 is 11.9 Å². The lowest BCUT2D eigenvalue weighted by Gasteiger charge is -2.21. The van der Waals surface area contributed by atoms with E-state index in [-0.39, 0.29) is 13.2 Å². The zero-order chi connectivity index (χ0) is 17.9. The van der Waals surface area contributed by atoms with Crippen LogP contribution in [0.1, 0.15) is 25.8 Å². The maximum atomic E-state index is 12.1. The van der Waals surface area contributed by atoms with Crippen LogP contribution in [0.15, 0.2) is 30.3 Å². The average molecular weight is 337 g/mol. The van der Waals surface area contributed by atoms with Gasteiger partial charge in [-0.1, -0.05) is 30.3 Å². The summed E-state index contributed by atoms with van der Waals surface area (Å²) in [7, 11) is 0. The number of esters is 2. The molecule has 24 heavy (non-hydrogen) atoms. The molecule has 0 fully saturated rings. The first kappa shape index (κ1) is 19.6. The molecule has 1 aromatic carbocycles. The topological polar surface area (TPSA) is 95.7 Å². The van der Waals surface area contributed by atoms with E-state index < -0.39 is 35.2 Å². The Morgan fingerprint density at radius 3 is 2.08 bits per heavy atom. The van der Waals surface area contributed by atoms with Crippen molar-refractivity contribution in [2.45, 2.75) is 26.7 Å². The van der Waals surface area contributed by atoms with Gasteiger partial charge in [0.1, 0.15) is 0 Å². The molecule has 0 aliphatic heterocycles. The number of nitrogens with zero attached hydrogens (tertiary/aromatic N) is 1. The molecule has 1 aromatic rings. The first-order chi connectivity index (χ1) is 11.5. The van der Waals surface area contributed by atoms with Crippen LogP contribution in [-0.2, 0) is 25.5 Å². The van der Waals surface area contributed by atoms with Crippen molar-refractivity contribution in [3.63, 3.8) is 0 Å². The molecule has 0 unspecified atom stereocenters. The van der Waals surface area contributed by atoms with Crippen LogP contribution in [0.2, 0.25) is 0 Å². The van der Waals surface area contributed by atoms with Gasteiger partial charge in [-0.3, -0.25) is 19.7 Å². The summed E-state index contributed by atoms with van der Waals surface area (Å²) >= 11 is 0. The number of benzene rings is 1. The lowest BCUT2D eigenvalue weighted by atomic mass is 9.87. The largest absolute Gasteiger partial charge is 0.465 e. The van der Waals surface area contributed by atoms with Crippen molar-refractivity contribution < 1.29 is 24.0 Å². The van der Waals surface area contributed by atoms with Crippen molar-refractivity contribution in [1.29, 1.82) is 0 Å². The minimum absolute atomic E-state index is 0.0958. The summed E-state index contributed by atoms with van der Waals surface area (Å²) in [6, 6.07) is 9.40. The van der Waals surface area contributed by atoms with E-state index in [9.17, 15) is 19.7 Å². The van der Waals surface area contributed by atoms with Gasteiger partial charge in [-0.15, -0.1) is 0 Å². The molecule has 0 amide bonds. The van der Waals surface area contributed by atoms with E-state index >= 15 is 0 Å². The molecular weight excluding hydrogens is 314 g/mol. The molecule has 132 valence electrons. The maximum Gasteiger partial charge on any atom is 0.320 e. The summed E-state index contributed by atoms with van der Waals surface area (Å²) in [6.45, 7) is 2.94. The van der Waals surface area contributed by atoms with E-state index in [1.165, 1.54) is 0 Å². The fourth-order valence-corrected chi connectivity index (χ4v) is 2.50. The fourth-order valence-electron chi connectivity index (χ4n) is 2.50. The second kappa shape index (κ2) is 10.4. The Morgan fingerprint density at radius 2 is 1.62 bits per heavy atom. The van der Waals surface area contributed by atoms with E-state index in [1.807, 2.05) is 30.3 Å². The number of aryl methyl sites for hydroxylation is 1. The monoisotopic (exact) mass is 337 g/mol. The van der Waals surface area contributed by atoms with Crippen molar-refractivity contribution in [2.24, 2.45) is 11.8 Å². The highest BCUT2D eigenvalue weighted by atomic mass is 16.6. The number of nitro groups is 1. The van der Waals surface area contributed by atoms with E-state index in [2.05, 4.69) is 0 Å². The highest BCUT2D eigenvalue weighted by Crippen LogP contribution is 2.22. The van der Waals surface area contributed by atoms with Gasteiger partial charge in [0.25, 0.3) is 0 Å². The third-order valence-electron chi connectivity index (χ3n) is 3.58. The predicted octanol–water partition coefficient (Wildman–Crippen LogP) is 2.25. The molecule has 7 nitrogen and oxygen atoms in total. The van der Waals surface area contributed by atoms with E-state index in [0.717, 1.165) is 5.56 Å². The number of ether oxygens (including phenoxy) is 2. The number of hydrogen-bond donors (Lipinski definition) is 0. The number of carbonyl (C=O) groups is 2. The summed E-state index contributed by atoms with van der Waals surface area (Å²) in [6.07, 6.45) is 0.835. The first-order valence-electron chi connectivity index (χ1n) is 7.98. The number of carbonyl (C=O) groups excluding carboxylic acids is 2. The van der Waals surface area contributed by atoms with Crippen LogP contribution in [0.5, 0.6) is 0 Å². The highest BCUT2D eigenvalue weighted by Gasteiger charge is 2.40. The maximum absolute atomic E-state index is 12.1. The van der Waals surface area contributed by atoms with Crippen LogP contribution >= 0.6 is 0 Å². The van der Waals surface area contributed by atoms with Crippen molar-refractivity contribution in [3.05, 3.63) is 46.0 Å². The smallest absolute Gasteiger partial charge is 0.320 e. The van der Waals surface area contributed by atoms with Gasteiger partial charge in [-0.2, -0.15) is 0 Å². The van der Waals surface area contributed by atoms with Gasteiger partial charge in [0.15, 0.2) is 5.92 Å². The molecule has 1 atom stereocenters. The van der Waals surface area contributed by atoms with Gasteiger partial charge in [0.2, 0.25) is 6.54 Å². The van der Waals surface area contributed by atoms with Crippen molar-refractivity contribution in [2.75, 3.05) is 19.8 Å². The zero-order valence-electron chi connectivity index (χ0n) is 14.0. The molecule has 0 heterocycles. The third-order valence-corrected chi connectivity index (χ3v) is 3.58. The molecule has 0 radical (unpaired) electrons. The summed E-state index contributed by atoms with van der Waals surface area (Å²) < 4.78 is 9.85. The summed E-state index contributed by atoms with van der Waals surface area (Å²) in [4.78, 5) is 34.8. The summed E-state index contributed by atoms with van der Waals surface area (Å²) in [5.74, 6) is -3.59. The second-order valence-corrected chi connectivity index (χ2v) is 5.28. The molecule has 0 aliphatic carbocycles. The quantitative estimate of drug-likeness (QED) is 0.281. The molecular formula is C17H23NO6. The Kier molecular flexibility index (Phi) is 8.46. The molecule has 0 aromatic heterocycles. The normalized spacial score (nSPS) is 11.8. The Balaban J connectivity index is 2.94. The van der Waals surface area contributed by atoms with Gasteiger partial charge < -0.3 is 9.47 Å². The molecule has 0 saturated carbocycles. The van der Waals surface area contributed by atoms with Gasteiger partial charge in [-0.05, 0) is 32.3 Å². The lowest BCUT2D eigenvalue weighted by molar-refractivity contribution is -0.489. The molecule has 0 aliphatic rings. The fraction of sp³-hybridized carbons (Fsp3) is 0.529. The number of rotatable bonds is 10. The minimum atomic E-state index is -1.28. The van der Waals surface area contributed by atoms with Crippen molar-refractivity contribution in [1.82, 2.24) is 0 Å². The van der Waals surface area contributed by atoms with Crippen LogP contribution in [0.3, 0.4) is 0 Å². The second-order valence-electron chi connectivity index (χ2n) is 5.28. The van der Waals surface area contributed by atoms with Gasteiger partial charge in [-0.25, -0.2) is 0 Å². The van der Waals surface area contributed by atoms with Crippen LogP contribution in [0, 0.1) is 22.0 Å². The zero-order valence-corrected chi connectivity index (χ0v) is 14.0. The van der Waals surface area contributed by atoms with Crippen LogP contribution in [0.25, 0.3) is 0 Å². The highest BCUT2D eigenvalue weighted by molar-refractivity contribution is 5.95. The predicted molar refractivity (Wildman–Crippen MR) is 86.9 cm³/mol. The van der Waals surface area contributed by atoms with Crippen molar-refractivity contribution in [3.8, 4) is 0 Å². The van der Waals surface area contributed by atoms with Crippen LogP contribution in [0.4, 0.5) is 0 Å². The van der Waals surface area contributed by atoms with Gasteiger partial charge in [0.05, 0.1) is 13.2 Å². The van der Waals surface area contributed by atoms with Crippen molar-refractivity contribution >= 4 is 11.9 Å². The van der Waals surface area contributed by atoms with E-state index in [0.29, 0.717) is 12.8 Å². The Bertz CT molecular complexity index is 527. The molecule has 1 rings (SSSR count). The van der Waals surface area contributed by atoms with Crippen LogP contribution in [-0.4, -0.2) is 36.6 Å². The molecule has 0 saturated heterocycles. The molecule has 0 spiro atoms. The lowest BCUT2D eigenvalue weighted by Crippen LogP contribution is -2.38. The summed E-state index contributed by atoms with van der Waals surface area (Å²) in [5.41, 5.74) is 0.984. The Hall–Kier alpha value is -2.44. The first-order valence-corrected chi connectivity index (χ1v) is 7.98. The molecule has 7 heteroatoms. The minimum Gasteiger partial charge on any atom is -0.465 e.